The Morgan fingerprint density at radius 3 is 1.37 bits per heavy atom. The Kier molecular flexibility index (Phi) is 34.3. The number of amides is 8. The zero-order valence-corrected chi connectivity index (χ0v) is 57.1. The van der Waals surface area contributed by atoms with Crippen molar-refractivity contribution < 1.29 is 88.5 Å². The molecule has 34 heteroatoms. The van der Waals surface area contributed by atoms with Gasteiger partial charge in [0.25, 0.3) is 0 Å². The van der Waals surface area contributed by atoms with Crippen LogP contribution >= 0.6 is 25.3 Å². The topological polar surface area (TPSA) is 480 Å². The lowest BCUT2D eigenvalue weighted by Gasteiger charge is -2.33. The number of aliphatic hydroxyl groups excluding tert-OH is 3. The van der Waals surface area contributed by atoms with Gasteiger partial charge in [0.15, 0.2) is 0 Å². The smallest absolute Gasteiger partial charge is 0.317 e. The number of carboxylic acids is 3. The summed E-state index contributed by atoms with van der Waals surface area (Å²) in [6.07, 6.45) is -1.18. The van der Waals surface area contributed by atoms with Gasteiger partial charge in [-0.05, 0) is 74.5 Å². The van der Waals surface area contributed by atoms with Gasteiger partial charge in [0.2, 0.25) is 47.3 Å². The van der Waals surface area contributed by atoms with E-state index < -0.39 is 145 Å². The molecule has 3 aromatic carbocycles. The van der Waals surface area contributed by atoms with Crippen LogP contribution in [0.4, 0.5) is 0 Å². The number of H-pyrrole nitrogens is 1. The summed E-state index contributed by atoms with van der Waals surface area (Å²) in [4.78, 5) is 160. The quantitative estimate of drug-likeness (QED) is 0.0150. The van der Waals surface area contributed by atoms with E-state index in [1.807, 2.05) is 0 Å². The first kappa shape index (κ1) is 81.2. The van der Waals surface area contributed by atoms with Crippen molar-refractivity contribution in [3.05, 3.63) is 102 Å². The molecular formula is C65H94N14O18S2. The van der Waals surface area contributed by atoms with Crippen molar-refractivity contribution in [1.82, 2.24) is 67.1 Å². The van der Waals surface area contributed by atoms with Crippen LogP contribution in [0.5, 0.6) is 5.75 Å². The summed E-state index contributed by atoms with van der Waals surface area (Å²) < 4.78 is 0. The SMILES string of the molecule is C[C@@H](O)[C@H](NC(=O)[C@H](CCCCN)NC(=O)[C@@H](Cc1c[nH]c2ccccc12)NC(=O)[C@H](Cc1ccc(O)cc1)NC(=O)[C@H](CS)NC(=O)[C@@H](Cc1ccccc1)NC(=O)CN1CCN(CC(=O)O)CCN(CC(=O)O)CCN(CC(=O)O)CC1)C(=O)N[C@@H](CS)C(=O)N[C@H](CO)[C@@H](C)O. The summed E-state index contributed by atoms with van der Waals surface area (Å²) in [5.74, 6) is -11.3. The second-order valence-corrected chi connectivity index (χ2v) is 25.0. The molecule has 0 bridgehead atoms. The lowest BCUT2D eigenvalue weighted by molar-refractivity contribution is -0.140. The van der Waals surface area contributed by atoms with Crippen LogP contribution in [0.3, 0.4) is 0 Å². The fraction of sp³-hybridized carbons (Fsp3) is 0.523. The predicted octanol–water partition coefficient (Wildman–Crippen LogP) is -4.00. The average Bonchev–Trinajstić information content (AvgIpc) is 1.70. The normalized spacial score (nSPS) is 16.8. The van der Waals surface area contributed by atoms with Crippen LogP contribution in [0.15, 0.2) is 85.1 Å². The van der Waals surface area contributed by atoms with Crippen molar-refractivity contribution in [3.8, 4) is 5.75 Å². The van der Waals surface area contributed by atoms with Gasteiger partial charge in [-0.3, -0.25) is 72.3 Å². The number of rotatable bonds is 38. The van der Waals surface area contributed by atoms with Crippen molar-refractivity contribution in [2.45, 2.75) is 113 Å². The molecule has 1 aromatic heterocycles. The Morgan fingerprint density at radius 1 is 0.485 bits per heavy atom. The van der Waals surface area contributed by atoms with E-state index >= 15 is 4.79 Å². The third kappa shape index (κ3) is 28.0. The maximum atomic E-state index is 15.0. The number of hydrogen-bond donors (Lipinski definition) is 19. The number of nitrogens with one attached hydrogen (secondary N) is 9. The van der Waals surface area contributed by atoms with Gasteiger partial charge in [-0.1, -0.05) is 60.7 Å². The molecule has 5 rings (SSSR count). The number of nitrogens with zero attached hydrogens (tertiary/aromatic N) is 4. The number of unbranched alkanes of at least 4 members (excludes halogenated alkanes) is 1. The van der Waals surface area contributed by atoms with Crippen LogP contribution in [0.2, 0.25) is 0 Å². The van der Waals surface area contributed by atoms with Gasteiger partial charge >= 0.3 is 17.9 Å². The molecule has 1 fully saturated rings. The number of aromatic hydroxyl groups is 1. The summed E-state index contributed by atoms with van der Waals surface area (Å²) >= 11 is 8.58. The molecule has 32 nitrogen and oxygen atoms in total. The molecule has 0 saturated carbocycles. The number of phenols is 1. The van der Waals surface area contributed by atoms with Gasteiger partial charge in [-0.15, -0.1) is 0 Å². The minimum Gasteiger partial charge on any atom is -0.508 e. The van der Waals surface area contributed by atoms with E-state index in [-0.39, 0.29) is 121 Å². The molecule has 18 N–H and O–H groups in total. The number of para-hydroxylation sites is 1. The van der Waals surface area contributed by atoms with Gasteiger partial charge in [-0.25, -0.2) is 0 Å². The van der Waals surface area contributed by atoms with Gasteiger partial charge in [0, 0.05) is 100 Å². The first-order valence-corrected chi connectivity index (χ1v) is 33.7. The Labute approximate surface area is 583 Å². The second-order valence-electron chi connectivity index (χ2n) is 24.3. The number of fused-ring (bicyclic) bond motifs is 1. The van der Waals surface area contributed by atoms with E-state index in [9.17, 15) is 83.7 Å². The molecule has 4 aromatic rings. The lowest BCUT2D eigenvalue weighted by atomic mass is 10.0. The van der Waals surface area contributed by atoms with E-state index in [1.165, 1.54) is 38.1 Å². The Balaban J connectivity index is 1.42. The van der Waals surface area contributed by atoms with Crippen molar-refractivity contribution in [3.63, 3.8) is 0 Å². The minimum atomic E-state index is -1.73. The highest BCUT2D eigenvalue weighted by molar-refractivity contribution is 7.80. The number of carboxylic acid groups (broad SMARTS) is 3. The van der Waals surface area contributed by atoms with Crippen molar-refractivity contribution >= 4 is 101 Å². The molecule has 8 amide bonds. The van der Waals surface area contributed by atoms with Gasteiger partial charge in [0.1, 0.15) is 48.0 Å². The van der Waals surface area contributed by atoms with Crippen LogP contribution in [-0.4, -0.2) is 289 Å². The van der Waals surface area contributed by atoms with Gasteiger partial charge in [-0.2, -0.15) is 25.3 Å². The van der Waals surface area contributed by atoms with Crippen molar-refractivity contribution in [1.29, 1.82) is 0 Å². The highest BCUT2D eigenvalue weighted by Crippen LogP contribution is 2.21. The third-order valence-corrected chi connectivity index (χ3v) is 17.2. The Hall–Kier alpha value is -8.45. The van der Waals surface area contributed by atoms with Crippen molar-refractivity contribution in [2.75, 3.05) is 103 Å². The molecule has 10 atom stereocenters. The highest BCUT2D eigenvalue weighted by Gasteiger charge is 2.37. The maximum Gasteiger partial charge on any atom is 0.317 e. The molecule has 0 aliphatic carbocycles. The van der Waals surface area contributed by atoms with E-state index in [4.69, 9.17) is 5.73 Å². The van der Waals surface area contributed by atoms with E-state index in [0.29, 0.717) is 34.0 Å². The minimum absolute atomic E-state index is 0.0753. The number of nitrogens with two attached hydrogens (primary N) is 1. The summed E-state index contributed by atoms with van der Waals surface area (Å²) in [6, 6.07) is 9.75. The number of aliphatic carboxylic acids is 3. The number of hydrogen-bond acceptors (Lipinski definition) is 22. The fourth-order valence-corrected chi connectivity index (χ4v) is 11.4. The van der Waals surface area contributed by atoms with Crippen LogP contribution in [0.1, 0.15) is 49.8 Å². The molecule has 0 spiro atoms. The zero-order chi connectivity index (χ0) is 72.7. The molecule has 99 heavy (non-hydrogen) atoms. The first-order chi connectivity index (χ1) is 47.2. The van der Waals surface area contributed by atoms with Crippen LogP contribution in [-0.2, 0) is 72.0 Å². The number of carbonyl (C=O) groups excluding carboxylic acids is 8. The molecule has 1 aliphatic heterocycles. The number of benzene rings is 3. The van der Waals surface area contributed by atoms with Crippen LogP contribution in [0, 0.1) is 0 Å². The Bertz CT molecular complexity index is 3280. The zero-order valence-electron chi connectivity index (χ0n) is 55.3. The predicted molar refractivity (Wildman–Crippen MR) is 369 cm³/mol. The summed E-state index contributed by atoms with van der Waals surface area (Å²) in [6.45, 7) is 1.51. The number of phenolic OH excluding ortho intramolecular Hbond substituents is 1. The largest absolute Gasteiger partial charge is 0.508 e. The van der Waals surface area contributed by atoms with Crippen molar-refractivity contribution in [2.24, 2.45) is 5.73 Å². The van der Waals surface area contributed by atoms with Gasteiger partial charge in [0.05, 0.1) is 51.0 Å². The molecule has 2 heterocycles. The van der Waals surface area contributed by atoms with E-state index in [2.05, 4.69) is 72.8 Å². The fourth-order valence-electron chi connectivity index (χ4n) is 10.9. The summed E-state index contributed by atoms with van der Waals surface area (Å²) in [5.41, 5.74) is 8.05. The maximum absolute atomic E-state index is 15.0. The molecule has 0 unspecified atom stereocenters. The molecule has 544 valence electrons. The Morgan fingerprint density at radius 2 is 0.899 bits per heavy atom. The lowest BCUT2D eigenvalue weighted by Crippen LogP contribution is -2.62. The number of aromatic nitrogens is 1. The van der Waals surface area contributed by atoms with E-state index in [0.717, 1.165) is 0 Å². The number of carbonyl (C=O) groups is 11. The number of aliphatic hydroxyl groups is 3. The number of thiol groups is 2. The van der Waals surface area contributed by atoms with Crippen LogP contribution < -0.4 is 48.3 Å². The van der Waals surface area contributed by atoms with Crippen LogP contribution in [0.25, 0.3) is 10.9 Å². The second kappa shape index (κ2) is 41.8. The summed E-state index contributed by atoms with van der Waals surface area (Å²) in [5, 5.41) is 91.3. The monoisotopic (exact) mass is 1420 g/mol. The highest BCUT2D eigenvalue weighted by atomic mass is 32.1. The summed E-state index contributed by atoms with van der Waals surface area (Å²) in [7, 11) is 0. The first-order valence-electron chi connectivity index (χ1n) is 32.4. The van der Waals surface area contributed by atoms with Gasteiger partial charge < -0.3 is 89.0 Å². The number of aromatic amines is 1. The average molecular weight is 1420 g/mol. The molecule has 1 saturated heterocycles. The molecule has 0 radical (unpaired) electrons. The standard InChI is InChI=1S/C65H94N14O18S2/c1-39(81)51(36-80)72-64(96)53(38-99)74-65(97)58(40(2)82)75-59(91)47(14-8-9-19-66)69-62(94)50(30-43-31-67-46-13-7-6-12-45(43)46)71-61(93)49(29-42-15-17-44(83)18-16-42)70-63(95)52(37-98)73-60(92)48(28-41-10-4-3-5-11-41)68-54(84)32-76-20-22-77(33-55(85)86)24-26-79(35-57(89)90)27-25-78(23-21-76)34-56(87)88/h3-7,10-13,15-18,31,39-40,47-53,58,67,80-83,98-99H,8-9,14,19-30,32-38,66H2,1-2H3,(H,68,84)(H,69,94)(H,70,95)(H,71,93)(H,72,96)(H,73,92)(H,74,97)(H,75,91)(H,85,86)(H,87,88)(H,89,90)/t39-,40-,47+,48-,49+,50-,51-,52+,53+,58+/m1/s1. The third-order valence-electron chi connectivity index (χ3n) is 16.4. The van der Waals surface area contributed by atoms with E-state index in [1.54, 1.807) is 80.4 Å². The molecule has 1 aliphatic rings. The molecular weight excluding hydrogens is 1330 g/mol.